The Morgan fingerprint density at radius 3 is 2.56 bits per heavy atom. The molecule has 1 N–H and O–H groups in total. The number of rotatable bonds is 10. The van der Waals surface area contributed by atoms with Crippen molar-refractivity contribution in [2.75, 3.05) is 19.8 Å². The lowest BCUT2D eigenvalue weighted by Gasteiger charge is -2.25. The van der Waals surface area contributed by atoms with Gasteiger partial charge in [0.1, 0.15) is 11.3 Å². The van der Waals surface area contributed by atoms with Crippen LogP contribution in [0, 0.1) is 6.92 Å². The quantitative estimate of drug-likeness (QED) is 0.377. The number of benzene rings is 2. The van der Waals surface area contributed by atoms with Crippen LogP contribution in [0.4, 0.5) is 0 Å². The third-order valence-electron chi connectivity index (χ3n) is 6.27. The first-order chi connectivity index (χ1) is 16.5. The number of nitrogens with zero attached hydrogens (tertiary/aromatic N) is 1. The highest BCUT2D eigenvalue weighted by atomic mass is 35.5. The zero-order valence-electron chi connectivity index (χ0n) is 19.6. The molecule has 1 aliphatic rings. The van der Waals surface area contributed by atoms with Gasteiger partial charge >= 0.3 is 0 Å². The van der Waals surface area contributed by atoms with Gasteiger partial charge in [0.05, 0.1) is 23.6 Å². The Kier molecular flexibility index (Phi) is 7.59. The number of hydrogen-bond acceptors (Lipinski definition) is 5. The second-order valence-electron chi connectivity index (χ2n) is 8.73. The van der Waals surface area contributed by atoms with Gasteiger partial charge < -0.3 is 19.2 Å². The van der Waals surface area contributed by atoms with Gasteiger partial charge in [-0.1, -0.05) is 49.9 Å². The maximum absolute atomic E-state index is 13.6. The summed E-state index contributed by atoms with van der Waals surface area (Å²) in [6.45, 7) is 4.89. The predicted molar refractivity (Wildman–Crippen MR) is 133 cm³/mol. The van der Waals surface area contributed by atoms with Crippen LogP contribution in [0.2, 0.25) is 5.02 Å². The van der Waals surface area contributed by atoms with Crippen LogP contribution in [0.25, 0.3) is 11.0 Å². The lowest BCUT2D eigenvalue weighted by Crippen LogP contribution is -2.31. The van der Waals surface area contributed by atoms with E-state index in [-0.39, 0.29) is 23.7 Å². The van der Waals surface area contributed by atoms with Crippen molar-refractivity contribution in [3.8, 4) is 5.75 Å². The predicted octanol–water partition coefficient (Wildman–Crippen LogP) is 5.64. The maximum Gasteiger partial charge on any atom is 0.290 e. The van der Waals surface area contributed by atoms with Gasteiger partial charge in [-0.2, -0.15) is 0 Å². The van der Waals surface area contributed by atoms with E-state index in [1.807, 2.05) is 31.2 Å². The van der Waals surface area contributed by atoms with Crippen LogP contribution in [0.15, 0.2) is 45.6 Å². The van der Waals surface area contributed by atoms with Crippen molar-refractivity contribution in [3.63, 3.8) is 0 Å². The van der Waals surface area contributed by atoms with Gasteiger partial charge in [-0.15, -0.1) is 0 Å². The van der Waals surface area contributed by atoms with Crippen molar-refractivity contribution in [2.24, 2.45) is 0 Å². The number of fused-ring (bicyclic) bond motifs is 2. The SMILES string of the molecule is CCCCCCOc1ccc(C2c3c(oc4cc(C)c(Cl)cc4c3=O)C(=O)N2CCCO)cc1. The molecule has 34 heavy (non-hydrogen) atoms. The van der Waals surface area contributed by atoms with Crippen molar-refractivity contribution in [1.82, 2.24) is 4.90 Å². The molecular weight excluding hydrogens is 454 g/mol. The zero-order valence-corrected chi connectivity index (χ0v) is 20.4. The van der Waals surface area contributed by atoms with E-state index >= 15 is 0 Å². The number of amides is 1. The molecule has 0 saturated carbocycles. The number of carbonyl (C=O) groups is 1. The number of halogens is 1. The molecule has 0 bridgehead atoms. The smallest absolute Gasteiger partial charge is 0.290 e. The number of aliphatic hydroxyl groups is 1. The highest BCUT2D eigenvalue weighted by Gasteiger charge is 2.42. The fourth-order valence-electron chi connectivity index (χ4n) is 4.42. The van der Waals surface area contributed by atoms with Crippen LogP contribution in [-0.2, 0) is 0 Å². The molecule has 0 spiro atoms. The Morgan fingerprint density at radius 1 is 1.09 bits per heavy atom. The van der Waals surface area contributed by atoms with Crippen molar-refractivity contribution in [3.05, 3.63) is 74.1 Å². The molecule has 1 atom stereocenters. The summed E-state index contributed by atoms with van der Waals surface area (Å²) in [5.41, 5.74) is 1.94. The molecule has 0 fully saturated rings. The third-order valence-corrected chi connectivity index (χ3v) is 6.67. The van der Waals surface area contributed by atoms with E-state index in [1.54, 1.807) is 17.0 Å². The van der Waals surface area contributed by atoms with E-state index < -0.39 is 6.04 Å². The summed E-state index contributed by atoms with van der Waals surface area (Å²) in [5.74, 6) is 0.453. The van der Waals surface area contributed by atoms with Crippen LogP contribution in [0.1, 0.15) is 72.3 Å². The lowest BCUT2D eigenvalue weighted by molar-refractivity contribution is 0.0716. The average Bonchev–Trinajstić information content (AvgIpc) is 3.11. The minimum Gasteiger partial charge on any atom is -0.494 e. The number of aryl methyl sites for hydroxylation is 1. The Morgan fingerprint density at radius 2 is 1.85 bits per heavy atom. The van der Waals surface area contributed by atoms with Crippen LogP contribution in [0.3, 0.4) is 0 Å². The molecule has 2 aromatic carbocycles. The van der Waals surface area contributed by atoms with Crippen LogP contribution >= 0.6 is 11.6 Å². The molecule has 4 rings (SSSR count). The van der Waals surface area contributed by atoms with Gasteiger partial charge in [0, 0.05) is 18.2 Å². The van der Waals surface area contributed by atoms with Gasteiger partial charge in [-0.3, -0.25) is 9.59 Å². The Bertz CT molecular complexity index is 1230. The van der Waals surface area contributed by atoms with E-state index in [4.69, 9.17) is 20.8 Å². The Labute approximate surface area is 204 Å². The summed E-state index contributed by atoms with van der Waals surface area (Å²) in [7, 11) is 0. The van der Waals surface area contributed by atoms with Crippen LogP contribution < -0.4 is 10.2 Å². The number of ether oxygens (including phenoxy) is 1. The zero-order chi connectivity index (χ0) is 24.2. The summed E-state index contributed by atoms with van der Waals surface area (Å²) < 4.78 is 11.8. The van der Waals surface area contributed by atoms with Crippen LogP contribution in [-0.4, -0.2) is 35.7 Å². The number of unbranched alkanes of at least 4 members (excludes halogenated alkanes) is 3. The normalized spacial score (nSPS) is 15.2. The van der Waals surface area contributed by atoms with Crippen molar-refractivity contribution >= 4 is 28.5 Å². The van der Waals surface area contributed by atoms with Crippen molar-refractivity contribution in [1.29, 1.82) is 0 Å². The highest BCUT2D eigenvalue weighted by molar-refractivity contribution is 6.32. The molecule has 0 saturated heterocycles. The molecular formula is C27H30ClNO5. The van der Waals surface area contributed by atoms with Gasteiger partial charge in [-0.05, 0) is 55.2 Å². The largest absolute Gasteiger partial charge is 0.494 e. The minimum atomic E-state index is -0.603. The van der Waals surface area contributed by atoms with E-state index in [0.717, 1.165) is 29.7 Å². The van der Waals surface area contributed by atoms with Gasteiger partial charge in [0.2, 0.25) is 5.76 Å². The standard InChI is InChI=1S/C27H30ClNO5/c1-3-4-5-6-14-33-19-10-8-18(9-11-19)24-23-25(31)20-16-21(28)17(2)15-22(20)34-26(23)27(32)29(24)12-7-13-30/h8-11,15-16,24,30H,3-7,12-14H2,1-2H3. The molecule has 1 aromatic heterocycles. The van der Waals surface area contributed by atoms with Crippen molar-refractivity contribution < 1.29 is 19.1 Å². The summed E-state index contributed by atoms with van der Waals surface area (Å²) in [6.07, 6.45) is 4.92. The minimum absolute atomic E-state index is 0.0541. The first-order valence-corrected chi connectivity index (χ1v) is 12.3. The first-order valence-electron chi connectivity index (χ1n) is 11.9. The summed E-state index contributed by atoms with van der Waals surface area (Å²) in [6, 6.07) is 10.2. The highest BCUT2D eigenvalue weighted by Crippen LogP contribution is 2.39. The Hall–Kier alpha value is -2.83. The summed E-state index contributed by atoms with van der Waals surface area (Å²) >= 11 is 6.28. The summed E-state index contributed by atoms with van der Waals surface area (Å²) in [5, 5.41) is 10.2. The van der Waals surface area contributed by atoms with Gasteiger partial charge in [0.15, 0.2) is 5.43 Å². The molecule has 0 radical (unpaired) electrons. The average molecular weight is 484 g/mol. The van der Waals surface area contributed by atoms with E-state index in [1.165, 1.54) is 12.8 Å². The molecule has 7 heteroatoms. The molecule has 1 unspecified atom stereocenters. The second kappa shape index (κ2) is 10.6. The van der Waals surface area contributed by atoms with E-state index in [0.29, 0.717) is 41.1 Å². The molecule has 0 aliphatic carbocycles. The molecule has 2 heterocycles. The van der Waals surface area contributed by atoms with Gasteiger partial charge in [0.25, 0.3) is 5.91 Å². The van der Waals surface area contributed by atoms with E-state index in [9.17, 15) is 14.7 Å². The molecule has 180 valence electrons. The summed E-state index contributed by atoms with van der Waals surface area (Å²) in [4.78, 5) is 28.4. The molecule has 3 aromatic rings. The van der Waals surface area contributed by atoms with Crippen molar-refractivity contribution in [2.45, 2.75) is 52.0 Å². The van der Waals surface area contributed by atoms with Crippen LogP contribution in [0.5, 0.6) is 5.75 Å². The monoisotopic (exact) mass is 483 g/mol. The topological polar surface area (TPSA) is 80.0 Å². The molecule has 6 nitrogen and oxygen atoms in total. The number of hydrogen-bond donors (Lipinski definition) is 1. The van der Waals surface area contributed by atoms with E-state index in [2.05, 4.69) is 6.92 Å². The fraction of sp³-hybridized carbons (Fsp3) is 0.407. The Balaban J connectivity index is 1.71. The maximum atomic E-state index is 13.6. The number of aliphatic hydroxyl groups excluding tert-OH is 1. The molecule has 1 amide bonds. The van der Waals surface area contributed by atoms with Gasteiger partial charge in [-0.25, -0.2) is 0 Å². The fourth-order valence-corrected chi connectivity index (χ4v) is 4.59. The molecule has 1 aliphatic heterocycles. The third kappa shape index (κ3) is 4.70. The number of carbonyl (C=O) groups excluding carboxylic acids is 1. The lowest BCUT2D eigenvalue weighted by atomic mass is 9.98. The first kappa shape index (κ1) is 24.3. The second-order valence-corrected chi connectivity index (χ2v) is 9.14.